The average molecular weight is 497 g/mol. The fraction of sp³-hybridized carbons (Fsp3) is 0.138. The second-order valence-corrected chi connectivity index (χ2v) is 8.12. The first-order chi connectivity index (χ1) is 17.9. The van der Waals surface area contributed by atoms with Crippen molar-refractivity contribution in [2.24, 2.45) is 0 Å². The maximum absolute atomic E-state index is 13.3. The summed E-state index contributed by atoms with van der Waals surface area (Å²) in [6.07, 6.45) is 6.64. The number of aryl methyl sites for hydroxylation is 1. The van der Waals surface area contributed by atoms with Gasteiger partial charge in [0.25, 0.3) is 11.8 Å². The SMILES string of the molecule is C#CCOc1cc(OC)ccc1/C=C1\C(=O)NC(=O)N(c2ccc(OCc3ccc(C)cc3)cc2)C1=O. The molecule has 0 aliphatic carbocycles. The smallest absolute Gasteiger partial charge is 0.335 e. The first kappa shape index (κ1) is 25.1. The number of nitrogens with zero attached hydrogens (tertiary/aromatic N) is 1. The van der Waals surface area contributed by atoms with E-state index in [9.17, 15) is 14.4 Å². The molecule has 0 unspecified atom stereocenters. The highest BCUT2D eigenvalue weighted by molar-refractivity contribution is 6.39. The number of terminal acetylenes is 1. The molecule has 1 aliphatic heterocycles. The van der Waals surface area contributed by atoms with E-state index in [1.807, 2.05) is 31.2 Å². The van der Waals surface area contributed by atoms with Gasteiger partial charge in [-0.25, -0.2) is 9.69 Å². The molecule has 4 rings (SSSR count). The fourth-order valence-corrected chi connectivity index (χ4v) is 3.60. The molecular formula is C29H24N2O6. The van der Waals surface area contributed by atoms with Gasteiger partial charge in [0.05, 0.1) is 12.8 Å². The van der Waals surface area contributed by atoms with Crippen LogP contribution in [-0.4, -0.2) is 31.6 Å². The lowest BCUT2D eigenvalue weighted by Crippen LogP contribution is -2.54. The molecule has 3 aromatic rings. The number of barbiturate groups is 1. The number of methoxy groups -OCH3 is 1. The van der Waals surface area contributed by atoms with Crippen molar-refractivity contribution in [2.45, 2.75) is 13.5 Å². The Hall–Kier alpha value is -5.03. The molecule has 1 saturated heterocycles. The molecule has 0 bridgehead atoms. The first-order valence-electron chi connectivity index (χ1n) is 11.3. The van der Waals surface area contributed by atoms with Gasteiger partial charge in [-0.3, -0.25) is 14.9 Å². The standard InChI is InChI=1S/C29H24N2O6/c1-4-15-36-26-17-24(35-3)12-9-21(26)16-25-27(32)30-29(34)31(28(25)33)22-10-13-23(14-11-22)37-18-20-7-5-19(2)6-8-20/h1,5-14,16-17H,15,18H2,2-3H3,(H,30,32,34)/b25-16+. The van der Waals surface area contributed by atoms with Crippen molar-refractivity contribution in [3.63, 3.8) is 0 Å². The van der Waals surface area contributed by atoms with Crippen LogP contribution in [0.1, 0.15) is 16.7 Å². The maximum atomic E-state index is 13.3. The van der Waals surface area contributed by atoms with Crippen LogP contribution < -0.4 is 24.4 Å². The van der Waals surface area contributed by atoms with E-state index in [2.05, 4.69) is 11.2 Å². The summed E-state index contributed by atoms with van der Waals surface area (Å²) >= 11 is 0. The third-order valence-electron chi connectivity index (χ3n) is 5.55. The Morgan fingerprint density at radius 1 is 0.946 bits per heavy atom. The molecule has 1 aliphatic rings. The lowest BCUT2D eigenvalue weighted by atomic mass is 10.1. The third-order valence-corrected chi connectivity index (χ3v) is 5.55. The largest absolute Gasteiger partial charge is 0.497 e. The van der Waals surface area contributed by atoms with Crippen LogP contribution in [0.4, 0.5) is 10.5 Å². The van der Waals surface area contributed by atoms with Gasteiger partial charge in [0, 0.05) is 11.6 Å². The molecule has 8 nitrogen and oxygen atoms in total. The minimum atomic E-state index is -0.848. The van der Waals surface area contributed by atoms with Crippen molar-refractivity contribution >= 4 is 29.6 Å². The number of hydrogen-bond acceptors (Lipinski definition) is 6. The monoisotopic (exact) mass is 496 g/mol. The number of hydrogen-bond donors (Lipinski definition) is 1. The second kappa shape index (κ2) is 11.1. The summed E-state index contributed by atoms with van der Waals surface area (Å²) in [6.45, 7) is 2.36. The number of nitrogens with one attached hydrogen (secondary N) is 1. The highest BCUT2D eigenvalue weighted by Crippen LogP contribution is 2.29. The molecule has 0 spiro atoms. The molecule has 1 N–H and O–H groups in total. The Bertz CT molecular complexity index is 1400. The van der Waals surface area contributed by atoms with Gasteiger partial charge in [0.15, 0.2) is 0 Å². The summed E-state index contributed by atoms with van der Waals surface area (Å²) in [5.74, 6) is 2.17. The third kappa shape index (κ3) is 5.80. The minimum absolute atomic E-state index is 0.0214. The number of carbonyl (C=O) groups is 3. The Balaban J connectivity index is 1.56. The lowest BCUT2D eigenvalue weighted by molar-refractivity contribution is -0.122. The summed E-state index contributed by atoms with van der Waals surface area (Å²) < 4.78 is 16.6. The molecule has 0 radical (unpaired) electrons. The topological polar surface area (TPSA) is 94.2 Å². The van der Waals surface area contributed by atoms with Crippen LogP contribution in [0.2, 0.25) is 0 Å². The summed E-state index contributed by atoms with van der Waals surface area (Å²) in [6, 6.07) is 18.4. The summed E-state index contributed by atoms with van der Waals surface area (Å²) in [5, 5.41) is 2.21. The van der Waals surface area contributed by atoms with E-state index in [-0.39, 0.29) is 17.9 Å². The van der Waals surface area contributed by atoms with Crippen LogP contribution in [0.25, 0.3) is 6.08 Å². The predicted molar refractivity (Wildman–Crippen MR) is 138 cm³/mol. The summed E-state index contributed by atoms with van der Waals surface area (Å²) in [7, 11) is 1.50. The molecule has 4 amide bonds. The van der Waals surface area contributed by atoms with Gasteiger partial charge in [0.2, 0.25) is 0 Å². The van der Waals surface area contributed by atoms with E-state index >= 15 is 0 Å². The van der Waals surface area contributed by atoms with Crippen LogP contribution in [0.15, 0.2) is 72.3 Å². The quantitative estimate of drug-likeness (QED) is 0.285. The Morgan fingerprint density at radius 3 is 2.32 bits per heavy atom. The first-order valence-corrected chi connectivity index (χ1v) is 11.3. The van der Waals surface area contributed by atoms with Crippen molar-refractivity contribution in [3.8, 4) is 29.6 Å². The summed E-state index contributed by atoms with van der Waals surface area (Å²) in [4.78, 5) is 39.3. The number of anilines is 1. The zero-order valence-corrected chi connectivity index (χ0v) is 20.3. The molecule has 0 atom stereocenters. The Morgan fingerprint density at radius 2 is 1.65 bits per heavy atom. The van der Waals surface area contributed by atoms with Gasteiger partial charge >= 0.3 is 6.03 Å². The van der Waals surface area contributed by atoms with Gasteiger partial charge in [-0.1, -0.05) is 35.7 Å². The molecule has 37 heavy (non-hydrogen) atoms. The average Bonchev–Trinajstić information content (AvgIpc) is 2.90. The molecular weight excluding hydrogens is 472 g/mol. The van der Waals surface area contributed by atoms with Crippen molar-refractivity contribution in [1.29, 1.82) is 0 Å². The van der Waals surface area contributed by atoms with Gasteiger partial charge in [-0.2, -0.15) is 0 Å². The fourth-order valence-electron chi connectivity index (χ4n) is 3.60. The van der Waals surface area contributed by atoms with Crippen LogP contribution in [-0.2, 0) is 16.2 Å². The van der Waals surface area contributed by atoms with Crippen LogP contribution in [0, 0.1) is 19.3 Å². The molecule has 0 aromatic heterocycles. The van der Waals surface area contributed by atoms with Gasteiger partial charge in [-0.15, -0.1) is 6.42 Å². The molecule has 1 heterocycles. The van der Waals surface area contributed by atoms with E-state index in [0.29, 0.717) is 29.4 Å². The van der Waals surface area contributed by atoms with Gasteiger partial charge < -0.3 is 14.2 Å². The van der Waals surface area contributed by atoms with E-state index < -0.39 is 17.8 Å². The molecule has 186 valence electrons. The Kier molecular flexibility index (Phi) is 7.55. The Labute approximate surface area is 214 Å². The zero-order valence-electron chi connectivity index (χ0n) is 20.3. The zero-order chi connectivity index (χ0) is 26.4. The molecule has 3 aromatic carbocycles. The van der Waals surface area contributed by atoms with E-state index in [1.54, 1.807) is 42.5 Å². The summed E-state index contributed by atoms with van der Waals surface area (Å²) in [5.41, 5.74) is 2.63. The highest BCUT2D eigenvalue weighted by atomic mass is 16.5. The molecule has 1 fully saturated rings. The van der Waals surface area contributed by atoms with E-state index in [4.69, 9.17) is 20.6 Å². The highest BCUT2D eigenvalue weighted by Gasteiger charge is 2.37. The minimum Gasteiger partial charge on any atom is -0.497 e. The van der Waals surface area contributed by atoms with Crippen molar-refractivity contribution in [3.05, 3.63) is 89.0 Å². The number of rotatable bonds is 8. The van der Waals surface area contributed by atoms with E-state index in [0.717, 1.165) is 16.0 Å². The van der Waals surface area contributed by atoms with E-state index in [1.165, 1.54) is 13.2 Å². The molecule has 0 saturated carbocycles. The predicted octanol–water partition coefficient (Wildman–Crippen LogP) is 4.26. The van der Waals surface area contributed by atoms with Crippen molar-refractivity contribution < 1.29 is 28.6 Å². The van der Waals surface area contributed by atoms with Crippen LogP contribution in [0.5, 0.6) is 17.2 Å². The maximum Gasteiger partial charge on any atom is 0.335 e. The molecule has 8 heteroatoms. The van der Waals surface area contributed by atoms with Crippen LogP contribution >= 0.6 is 0 Å². The normalized spacial score (nSPS) is 14.2. The number of ether oxygens (including phenoxy) is 3. The van der Waals surface area contributed by atoms with Crippen molar-refractivity contribution in [1.82, 2.24) is 5.32 Å². The number of benzene rings is 3. The number of carbonyl (C=O) groups excluding carboxylic acids is 3. The van der Waals surface area contributed by atoms with Gasteiger partial charge in [-0.05, 0) is 55.0 Å². The number of urea groups is 1. The van der Waals surface area contributed by atoms with Crippen LogP contribution in [0.3, 0.4) is 0 Å². The number of imide groups is 2. The lowest BCUT2D eigenvalue weighted by Gasteiger charge is -2.26. The second-order valence-electron chi connectivity index (χ2n) is 8.12. The number of amides is 4. The van der Waals surface area contributed by atoms with Crippen molar-refractivity contribution in [2.75, 3.05) is 18.6 Å². The van der Waals surface area contributed by atoms with Gasteiger partial charge in [0.1, 0.15) is 36.0 Å².